The van der Waals surface area contributed by atoms with Gasteiger partial charge < -0.3 is 19.1 Å². The standard InChI is InChI=1S/C23H29NO4/c1-16-7-6-8-18(13-16)28-20-11-12-24(22(20)25)17-9-10-19(21(14-17)26-5)27-15-23(2,3)4/h6-10,13-14,20H,11-12,15H2,1-5H3. The highest BCUT2D eigenvalue weighted by molar-refractivity contribution is 5.99. The molecule has 0 aromatic heterocycles. The van der Waals surface area contributed by atoms with Crippen LogP contribution in [0.4, 0.5) is 5.69 Å². The number of ether oxygens (including phenoxy) is 3. The molecule has 1 aliphatic heterocycles. The van der Waals surface area contributed by atoms with Crippen molar-refractivity contribution in [3.05, 3.63) is 48.0 Å². The number of nitrogens with zero attached hydrogens (tertiary/aromatic N) is 1. The van der Waals surface area contributed by atoms with Gasteiger partial charge in [0.15, 0.2) is 17.6 Å². The molecule has 0 saturated carbocycles. The Balaban J connectivity index is 1.72. The first kappa shape index (κ1) is 20.1. The summed E-state index contributed by atoms with van der Waals surface area (Å²) in [7, 11) is 1.61. The van der Waals surface area contributed by atoms with Crippen molar-refractivity contribution in [1.82, 2.24) is 0 Å². The van der Waals surface area contributed by atoms with Gasteiger partial charge in [0.1, 0.15) is 5.75 Å². The van der Waals surface area contributed by atoms with Gasteiger partial charge in [-0.25, -0.2) is 0 Å². The third kappa shape index (κ3) is 4.77. The average molecular weight is 383 g/mol. The molecule has 5 heteroatoms. The van der Waals surface area contributed by atoms with E-state index in [-0.39, 0.29) is 11.3 Å². The summed E-state index contributed by atoms with van der Waals surface area (Å²) in [5.74, 6) is 1.99. The summed E-state index contributed by atoms with van der Waals surface area (Å²) in [6.45, 7) is 9.55. The van der Waals surface area contributed by atoms with E-state index in [9.17, 15) is 4.79 Å². The topological polar surface area (TPSA) is 48.0 Å². The maximum absolute atomic E-state index is 12.9. The van der Waals surface area contributed by atoms with Crippen molar-refractivity contribution in [2.45, 2.75) is 40.2 Å². The summed E-state index contributed by atoms with van der Waals surface area (Å²) in [6.07, 6.45) is 0.182. The van der Waals surface area contributed by atoms with E-state index in [0.717, 1.165) is 17.0 Å². The largest absolute Gasteiger partial charge is 0.493 e. The molecule has 1 heterocycles. The van der Waals surface area contributed by atoms with Crippen molar-refractivity contribution in [2.75, 3.05) is 25.2 Å². The van der Waals surface area contributed by atoms with Crippen LogP contribution in [0, 0.1) is 12.3 Å². The van der Waals surface area contributed by atoms with E-state index in [1.54, 1.807) is 12.0 Å². The molecule has 1 unspecified atom stereocenters. The first-order chi connectivity index (χ1) is 13.3. The SMILES string of the molecule is COc1cc(N2CCC(Oc3cccc(C)c3)C2=O)ccc1OCC(C)(C)C. The molecule has 3 rings (SSSR count). The van der Waals surface area contributed by atoms with E-state index < -0.39 is 6.10 Å². The Kier molecular flexibility index (Phi) is 5.82. The molecule has 2 aromatic carbocycles. The summed E-state index contributed by atoms with van der Waals surface area (Å²) >= 11 is 0. The Morgan fingerprint density at radius 1 is 1.11 bits per heavy atom. The highest BCUT2D eigenvalue weighted by Crippen LogP contribution is 2.35. The quantitative estimate of drug-likeness (QED) is 0.731. The highest BCUT2D eigenvalue weighted by Gasteiger charge is 2.34. The zero-order valence-corrected chi connectivity index (χ0v) is 17.3. The molecule has 0 aliphatic carbocycles. The second-order valence-corrected chi connectivity index (χ2v) is 8.39. The highest BCUT2D eigenvalue weighted by atomic mass is 16.5. The number of benzene rings is 2. The van der Waals surface area contributed by atoms with Crippen molar-refractivity contribution < 1.29 is 19.0 Å². The van der Waals surface area contributed by atoms with Crippen LogP contribution in [0.25, 0.3) is 0 Å². The van der Waals surface area contributed by atoms with Crippen LogP contribution in [0.2, 0.25) is 0 Å². The minimum absolute atomic E-state index is 0.0353. The van der Waals surface area contributed by atoms with Crippen LogP contribution in [-0.2, 0) is 4.79 Å². The Hall–Kier alpha value is -2.69. The van der Waals surface area contributed by atoms with Crippen molar-refractivity contribution in [2.24, 2.45) is 5.41 Å². The fraction of sp³-hybridized carbons (Fsp3) is 0.435. The monoisotopic (exact) mass is 383 g/mol. The summed E-state index contributed by atoms with van der Waals surface area (Å²) < 4.78 is 17.3. The number of amides is 1. The van der Waals surface area contributed by atoms with Gasteiger partial charge in [0.05, 0.1) is 13.7 Å². The maximum Gasteiger partial charge on any atom is 0.268 e. The first-order valence-electron chi connectivity index (χ1n) is 9.62. The molecule has 0 spiro atoms. The lowest BCUT2D eigenvalue weighted by Crippen LogP contribution is -2.32. The van der Waals surface area contributed by atoms with Gasteiger partial charge in [-0.05, 0) is 42.2 Å². The Labute approximate surface area is 167 Å². The molecule has 0 bridgehead atoms. The van der Waals surface area contributed by atoms with Crippen molar-refractivity contribution in [1.29, 1.82) is 0 Å². The number of carbonyl (C=O) groups is 1. The number of carbonyl (C=O) groups excluding carboxylic acids is 1. The summed E-state index contributed by atoms with van der Waals surface area (Å²) in [5, 5.41) is 0. The second-order valence-electron chi connectivity index (χ2n) is 8.39. The number of hydrogen-bond acceptors (Lipinski definition) is 4. The molecule has 1 saturated heterocycles. The van der Waals surface area contributed by atoms with Gasteiger partial charge in [-0.15, -0.1) is 0 Å². The molecule has 2 aromatic rings. The molecule has 1 amide bonds. The van der Waals surface area contributed by atoms with E-state index in [2.05, 4.69) is 20.8 Å². The van der Waals surface area contributed by atoms with E-state index in [1.165, 1.54) is 0 Å². The van der Waals surface area contributed by atoms with E-state index in [4.69, 9.17) is 14.2 Å². The third-order valence-corrected chi connectivity index (χ3v) is 4.54. The van der Waals surface area contributed by atoms with Crippen molar-refractivity contribution in [3.8, 4) is 17.2 Å². The number of aryl methyl sites for hydroxylation is 1. The fourth-order valence-electron chi connectivity index (χ4n) is 3.11. The van der Waals surface area contributed by atoms with Crippen LogP contribution < -0.4 is 19.1 Å². The minimum Gasteiger partial charge on any atom is -0.493 e. The zero-order chi connectivity index (χ0) is 20.3. The Bertz CT molecular complexity index is 841. The maximum atomic E-state index is 12.9. The van der Waals surface area contributed by atoms with Crippen molar-refractivity contribution >= 4 is 11.6 Å². The predicted molar refractivity (Wildman–Crippen MR) is 111 cm³/mol. The van der Waals surface area contributed by atoms with Gasteiger partial charge in [0, 0.05) is 24.7 Å². The van der Waals surface area contributed by atoms with Crippen LogP contribution in [0.5, 0.6) is 17.2 Å². The van der Waals surface area contributed by atoms with E-state index in [0.29, 0.717) is 31.1 Å². The Morgan fingerprint density at radius 2 is 1.89 bits per heavy atom. The van der Waals surface area contributed by atoms with Crippen LogP contribution in [0.15, 0.2) is 42.5 Å². The Morgan fingerprint density at radius 3 is 2.57 bits per heavy atom. The summed E-state index contributed by atoms with van der Waals surface area (Å²) in [4.78, 5) is 14.6. The zero-order valence-electron chi connectivity index (χ0n) is 17.3. The van der Waals surface area contributed by atoms with Gasteiger partial charge in [-0.1, -0.05) is 32.9 Å². The smallest absolute Gasteiger partial charge is 0.268 e. The van der Waals surface area contributed by atoms with Gasteiger partial charge in [-0.2, -0.15) is 0 Å². The molecule has 1 aliphatic rings. The number of methoxy groups -OCH3 is 1. The lowest BCUT2D eigenvalue weighted by atomic mass is 9.99. The van der Waals surface area contributed by atoms with E-state index >= 15 is 0 Å². The predicted octanol–water partition coefficient (Wildman–Crippen LogP) is 4.61. The number of rotatable bonds is 6. The van der Waals surface area contributed by atoms with Gasteiger partial charge in [0.2, 0.25) is 0 Å². The summed E-state index contributed by atoms with van der Waals surface area (Å²) in [6, 6.07) is 13.4. The van der Waals surface area contributed by atoms with E-state index in [1.807, 2.05) is 49.4 Å². The molecule has 0 radical (unpaired) electrons. The molecule has 28 heavy (non-hydrogen) atoms. The van der Waals surface area contributed by atoms with Crippen molar-refractivity contribution in [3.63, 3.8) is 0 Å². The minimum atomic E-state index is -0.468. The lowest BCUT2D eigenvalue weighted by Gasteiger charge is -2.22. The fourth-order valence-corrected chi connectivity index (χ4v) is 3.11. The third-order valence-electron chi connectivity index (χ3n) is 4.54. The van der Waals surface area contributed by atoms with Crippen LogP contribution in [0.1, 0.15) is 32.8 Å². The number of hydrogen-bond donors (Lipinski definition) is 0. The molecule has 150 valence electrons. The number of anilines is 1. The first-order valence-corrected chi connectivity index (χ1v) is 9.62. The molecule has 1 atom stereocenters. The molecule has 1 fully saturated rings. The van der Waals surface area contributed by atoms with Crippen LogP contribution in [0.3, 0.4) is 0 Å². The van der Waals surface area contributed by atoms with Crippen LogP contribution >= 0.6 is 0 Å². The molecule has 0 N–H and O–H groups in total. The molecule has 5 nitrogen and oxygen atoms in total. The van der Waals surface area contributed by atoms with Crippen LogP contribution in [-0.4, -0.2) is 32.3 Å². The lowest BCUT2D eigenvalue weighted by molar-refractivity contribution is -0.122. The normalized spacial score (nSPS) is 17.0. The van der Waals surface area contributed by atoms with Gasteiger partial charge >= 0.3 is 0 Å². The van der Waals surface area contributed by atoms with Gasteiger partial charge in [-0.3, -0.25) is 4.79 Å². The molecular formula is C23H29NO4. The summed E-state index contributed by atoms with van der Waals surface area (Å²) in [5.41, 5.74) is 1.95. The second kappa shape index (κ2) is 8.13. The average Bonchev–Trinajstić information content (AvgIpc) is 3.00. The van der Waals surface area contributed by atoms with Gasteiger partial charge in [0.25, 0.3) is 5.91 Å². The molecular weight excluding hydrogens is 354 g/mol.